The van der Waals surface area contributed by atoms with Crippen LogP contribution < -0.4 is 5.43 Å². The summed E-state index contributed by atoms with van der Waals surface area (Å²) in [6.45, 7) is 3.89. The van der Waals surface area contributed by atoms with Gasteiger partial charge in [0.25, 0.3) is 11.8 Å². The Morgan fingerprint density at radius 3 is 2.67 bits per heavy atom. The van der Waals surface area contributed by atoms with Gasteiger partial charge in [0, 0.05) is 29.2 Å². The van der Waals surface area contributed by atoms with Crippen LogP contribution in [0.3, 0.4) is 0 Å². The first-order chi connectivity index (χ1) is 14.3. The summed E-state index contributed by atoms with van der Waals surface area (Å²) in [5.41, 5.74) is 6.88. The topological polar surface area (TPSA) is 54.3 Å². The Hall–Kier alpha value is -2.61. The molecule has 3 aromatic rings. The van der Waals surface area contributed by atoms with E-state index < -0.39 is 5.91 Å². The van der Waals surface area contributed by atoms with Crippen molar-refractivity contribution in [3.8, 4) is 0 Å². The van der Waals surface area contributed by atoms with Crippen LogP contribution in [-0.4, -0.2) is 25.7 Å². The van der Waals surface area contributed by atoms with Gasteiger partial charge in [-0.15, -0.1) is 0 Å². The van der Waals surface area contributed by atoms with Gasteiger partial charge in [0.05, 0.1) is 15.5 Å². The first-order valence-electron chi connectivity index (χ1n) is 9.17. The number of thiocarbonyl (C=S) groups is 1. The van der Waals surface area contributed by atoms with Gasteiger partial charge in [-0.25, -0.2) is 0 Å². The SMILES string of the molecule is Cc1ccc(C(=O)NN2C(=O)/C(=C/c3c(C)n(C)c4ccccc34)SC2=S)c(Cl)c1. The molecular weight excluding hydrogens is 438 g/mol. The largest absolute Gasteiger partial charge is 0.347 e. The first-order valence-corrected chi connectivity index (χ1v) is 10.8. The van der Waals surface area contributed by atoms with Crippen molar-refractivity contribution in [2.45, 2.75) is 13.8 Å². The number of aromatic nitrogens is 1. The van der Waals surface area contributed by atoms with Gasteiger partial charge in [0.1, 0.15) is 0 Å². The molecular formula is C22H18ClN3O2S2. The van der Waals surface area contributed by atoms with Gasteiger partial charge in [-0.2, -0.15) is 5.01 Å². The third kappa shape index (κ3) is 3.53. The average molecular weight is 456 g/mol. The molecule has 1 saturated heterocycles. The quantitative estimate of drug-likeness (QED) is 0.446. The summed E-state index contributed by atoms with van der Waals surface area (Å²) >= 11 is 12.7. The second kappa shape index (κ2) is 7.91. The van der Waals surface area contributed by atoms with Crippen LogP contribution in [0.4, 0.5) is 0 Å². The van der Waals surface area contributed by atoms with E-state index in [0.29, 0.717) is 9.93 Å². The van der Waals surface area contributed by atoms with Crippen molar-refractivity contribution < 1.29 is 9.59 Å². The number of nitrogens with one attached hydrogen (secondary N) is 1. The number of hydrogen-bond donors (Lipinski definition) is 1. The van der Waals surface area contributed by atoms with E-state index in [2.05, 4.69) is 9.99 Å². The minimum absolute atomic E-state index is 0.265. The first kappa shape index (κ1) is 20.7. The van der Waals surface area contributed by atoms with E-state index in [9.17, 15) is 9.59 Å². The van der Waals surface area contributed by atoms with Crippen molar-refractivity contribution in [2.75, 3.05) is 0 Å². The van der Waals surface area contributed by atoms with Crippen LogP contribution in [0.2, 0.25) is 5.02 Å². The van der Waals surface area contributed by atoms with Crippen molar-refractivity contribution in [2.24, 2.45) is 7.05 Å². The number of fused-ring (bicyclic) bond motifs is 1. The van der Waals surface area contributed by atoms with E-state index in [1.165, 1.54) is 0 Å². The molecule has 0 saturated carbocycles. The van der Waals surface area contributed by atoms with Crippen LogP contribution in [0.1, 0.15) is 27.2 Å². The number of carbonyl (C=O) groups excluding carboxylic acids is 2. The third-order valence-electron chi connectivity index (χ3n) is 5.10. The van der Waals surface area contributed by atoms with Crippen molar-refractivity contribution in [3.05, 3.63) is 74.8 Å². The summed E-state index contributed by atoms with van der Waals surface area (Å²) < 4.78 is 2.35. The number of para-hydroxylation sites is 1. The van der Waals surface area contributed by atoms with Gasteiger partial charge in [-0.1, -0.05) is 47.6 Å². The summed E-state index contributed by atoms with van der Waals surface area (Å²) in [5, 5.41) is 2.48. The molecule has 4 rings (SSSR count). The highest BCUT2D eigenvalue weighted by molar-refractivity contribution is 8.26. The molecule has 2 amide bonds. The van der Waals surface area contributed by atoms with E-state index in [1.54, 1.807) is 18.2 Å². The van der Waals surface area contributed by atoms with E-state index in [4.69, 9.17) is 23.8 Å². The highest BCUT2D eigenvalue weighted by Crippen LogP contribution is 2.35. The molecule has 30 heavy (non-hydrogen) atoms. The Kier molecular flexibility index (Phi) is 5.44. The smallest absolute Gasteiger partial charge is 0.285 e. The minimum atomic E-state index is -0.487. The second-order valence-electron chi connectivity index (χ2n) is 7.02. The molecule has 0 aliphatic carbocycles. The molecule has 2 aromatic carbocycles. The van der Waals surface area contributed by atoms with Gasteiger partial charge >= 0.3 is 0 Å². The predicted octanol–water partition coefficient (Wildman–Crippen LogP) is 4.99. The average Bonchev–Trinajstić information content (AvgIpc) is 3.11. The lowest BCUT2D eigenvalue weighted by atomic mass is 10.1. The van der Waals surface area contributed by atoms with Crippen molar-refractivity contribution >= 4 is 68.7 Å². The maximum atomic E-state index is 13.0. The van der Waals surface area contributed by atoms with E-state index in [0.717, 1.165) is 44.5 Å². The van der Waals surface area contributed by atoms with E-state index >= 15 is 0 Å². The maximum Gasteiger partial charge on any atom is 0.285 e. The van der Waals surface area contributed by atoms with Crippen LogP contribution in [0.15, 0.2) is 47.4 Å². The lowest BCUT2D eigenvalue weighted by Gasteiger charge is -2.16. The number of nitrogens with zero attached hydrogens (tertiary/aromatic N) is 2. The summed E-state index contributed by atoms with van der Waals surface area (Å²) in [7, 11) is 1.99. The fraction of sp³-hybridized carbons (Fsp3) is 0.136. The Bertz CT molecular complexity index is 1260. The van der Waals surface area contributed by atoms with Crippen LogP contribution in [0.5, 0.6) is 0 Å². The molecule has 0 bridgehead atoms. The summed E-state index contributed by atoms with van der Waals surface area (Å²) in [6, 6.07) is 13.1. The van der Waals surface area contributed by atoms with Gasteiger partial charge in [0.2, 0.25) is 0 Å². The Morgan fingerprint density at radius 1 is 1.20 bits per heavy atom. The molecule has 1 aromatic heterocycles. The van der Waals surface area contributed by atoms with Crippen molar-refractivity contribution in [1.82, 2.24) is 15.0 Å². The standard InChI is InChI=1S/C22H18ClN3O2S2/c1-12-8-9-15(17(23)10-12)20(27)24-26-21(28)19(30-22(26)29)11-16-13(2)25(3)18-7-5-4-6-14(16)18/h4-11H,1-3H3,(H,24,27)/b19-11-. The molecule has 8 heteroatoms. The number of rotatable bonds is 3. The predicted molar refractivity (Wildman–Crippen MR) is 126 cm³/mol. The Balaban J connectivity index is 1.64. The van der Waals surface area contributed by atoms with Crippen LogP contribution >= 0.6 is 35.6 Å². The molecule has 0 unspecified atom stereocenters. The lowest BCUT2D eigenvalue weighted by Crippen LogP contribution is -2.44. The highest BCUT2D eigenvalue weighted by atomic mass is 35.5. The number of hydrazine groups is 1. The van der Waals surface area contributed by atoms with E-state index in [1.807, 2.05) is 51.2 Å². The number of halogens is 1. The zero-order valence-electron chi connectivity index (χ0n) is 16.5. The molecule has 0 atom stereocenters. The molecule has 2 heterocycles. The number of benzene rings is 2. The molecule has 1 N–H and O–H groups in total. The number of hydrogen-bond acceptors (Lipinski definition) is 4. The monoisotopic (exact) mass is 455 g/mol. The second-order valence-corrected chi connectivity index (χ2v) is 9.10. The molecule has 1 fully saturated rings. The lowest BCUT2D eigenvalue weighted by molar-refractivity contribution is -0.123. The molecule has 1 aliphatic heterocycles. The fourth-order valence-electron chi connectivity index (χ4n) is 3.39. The maximum absolute atomic E-state index is 13.0. The van der Waals surface area contributed by atoms with Crippen molar-refractivity contribution in [1.29, 1.82) is 0 Å². The van der Waals surface area contributed by atoms with Gasteiger partial charge in [-0.3, -0.25) is 15.0 Å². The molecule has 0 spiro atoms. The number of aryl methyl sites for hydroxylation is 2. The number of amides is 2. The summed E-state index contributed by atoms with van der Waals surface area (Å²) in [6.07, 6.45) is 1.84. The number of carbonyl (C=O) groups is 2. The van der Waals surface area contributed by atoms with Gasteiger partial charge < -0.3 is 4.57 Å². The zero-order valence-corrected chi connectivity index (χ0v) is 18.9. The van der Waals surface area contributed by atoms with Gasteiger partial charge in [0.15, 0.2) is 4.32 Å². The van der Waals surface area contributed by atoms with Crippen molar-refractivity contribution in [3.63, 3.8) is 0 Å². The molecule has 152 valence electrons. The highest BCUT2D eigenvalue weighted by Gasteiger charge is 2.34. The molecule has 1 aliphatic rings. The normalized spacial score (nSPS) is 15.5. The Labute approximate surface area is 188 Å². The van der Waals surface area contributed by atoms with Gasteiger partial charge in [-0.05, 0) is 55.9 Å². The fourth-order valence-corrected chi connectivity index (χ4v) is 4.88. The summed E-state index contributed by atoms with van der Waals surface area (Å²) in [5.74, 6) is -0.854. The van der Waals surface area contributed by atoms with E-state index in [-0.39, 0.29) is 15.8 Å². The minimum Gasteiger partial charge on any atom is -0.347 e. The zero-order chi connectivity index (χ0) is 21.6. The third-order valence-corrected chi connectivity index (χ3v) is 6.72. The molecule has 5 nitrogen and oxygen atoms in total. The number of thioether (sulfide) groups is 1. The van der Waals surface area contributed by atoms with Crippen LogP contribution in [-0.2, 0) is 11.8 Å². The Morgan fingerprint density at radius 2 is 1.93 bits per heavy atom. The molecule has 0 radical (unpaired) electrons. The van der Waals surface area contributed by atoms with Crippen LogP contribution in [0.25, 0.3) is 17.0 Å². The van der Waals surface area contributed by atoms with Crippen LogP contribution in [0, 0.1) is 13.8 Å². The summed E-state index contributed by atoms with van der Waals surface area (Å²) in [4.78, 5) is 26.1.